The largest absolute Gasteiger partial charge is 0.338 e. The molecule has 1 amide bonds. The lowest BCUT2D eigenvalue weighted by atomic mass is 9.95. The van der Waals surface area contributed by atoms with Crippen LogP contribution < -0.4 is 0 Å². The summed E-state index contributed by atoms with van der Waals surface area (Å²) in [4.78, 5) is 19.0. The second kappa shape index (κ2) is 6.24. The highest BCUT2D eigenvalue weighted by molar-refractivity contribution is 5.97. The normalized spacial score (nSPS) is 16.8. The maximum Gasteiger partial charge on any atom is 0.255 e. The number of pyridine rings is 1. The zero-order chi connectivity index (χ0) is 18.3. The predicted octanol–water partition coefficient (Wildman–Crippen LogP) is 4.30. The van der Waals surface area contributed by atoms with Gasteiger partial charge in [-0.05, 0) is 51.0 Å². The Morgan fingerprint density at radius 3 is 2.54 bits per heavy atom. The molecule has 26 heavy (non-hydrogen) atoms. The van der Waals surface area contributed by atoms with Crippen molar-refractivity contribution in [2.45, 2.75) is 32.4 Å². The van der Waals surface area contributed by atoms with Crippen LogP contribution in [-0.4, -0.2) is 39.1 Å². The number of amides is 1. The Morgan fingerprint density at radius 2 is 1.85 bits per heavy atom. The molecule has 2 aromatic heterocycles. The molecule has 1 aliphatic heterocycles. The van der Waals surface area contributed by atoms with Crippen molar-refractivity contribution in [2.75, 3.05) is 13.1 Å². The molecule has 3 aromatic rings. The van der Waals surface area contributed by atoms with E-state index < -0.39 is 5.67 Å². The average Bonchev–Trinajstić information content (AvgIpc) is 3.05. The molecule has 5 heteroatoms. The van der Waals surface area contributed by atoms with E-state index in [0.29, 0.717) is 31.5 Å². The van der Waals surface area contributed by atoms with Gasteiger partial charge in [0, 0.05) is 36.6 Å². The van der Waals surface area contributed by atoms with Gasteiger partial charge in [-0.1, -0.05) is 17.7 Å². The van der Waals surface area contributed by atoms with E-state index in [0.717, 1.165) is 16.7 Å². The summed E-state index contributed by atoms with van der Waals surface area (Å²) in [7, 11) is 0. The fourth-order valence-electron chi connectivity index (χ4n) is 3.41. The third-order valence-electron chi connectivity index (χ3n) is 5.18. The van der Waals surface area contributed by atoms with Gasteiger partial charge in [0.15, 0.2) is 0 Å². The van der Waals surface area contributed by atoms with Crippen LogP contribution in [0.25, 0.3) is 16.7 Å². The van der Waals surface area contributed by atoms with Gasteiger partial charge in [0.1, 0.15) is 11.3 Å². The van der Waals surface area contributed by atoms with Crippen molar-refractivity contribution in [3.05, 3.63) is 59.9 Å². The molecule has 0 N–H and O–H groups in total. The molecule has 1 fully saturated rings. The molecule has 1 aliphatic rings. The first-order chi connectivity index (χ1) is 12.4. The lowest BCUT2D eigenvalue weighted by Gasteiger charge is -2.34. The molecule has 1 saturated heterocycles. The fraction of sp³-hybridized carbons (Fsp3) is 0.333. The number of fused-ring (bicyclic) bond motifs is 1. The van der Waals surface area contributed by atoms with Crippen molar-refractivity contribution in [1.29, 1.82) is 0 Å². The summed E-state index contributed by atoms with van der Waals surface area (Å²) < 4.78 is 16.0. The second-order valence-corrected chi connectivity index (χ2v) is 7.36. The SMILES string of the molecule is Cc1ccc(-n2ccc3cc(C(=O)N4CCC(C)(F)CC4)cnc32)cc1. The molecule has 0 atom stereocenters. The fourth-order valence-corrected chi connectivity index (χ4v) is 3.41. The molecule has 1 aromatic carbocycles. The first-order valence-electron chi connectivity index (χ1n) is 8.95. The van der Waals surface area contributed by atoms with Gasteiger partial charge in [-0.2, -0.15) is 0 Å². The number of alkyl halides is 1. The molecule has 0 saturated carbocycles. The van der Waals surface area contributed by atoms with E-state index >= 15 is 0 Å². The van der Waals surface area contributed by atoms with Crippen LogP contribution >= 0.6 is 0 Å². The van der Waals surface area contributed by atoms with Gasteiger partial charge < -0.3 is 9.47 Å². The van der Waals surface area contributed by atoms with Gasteiger partial charge in [0.2, 0.25) is 0 Å². The van der Waals surface area contributed by atoms with Gasteiger partial charge >= 0.3 is 0 Å². The van der Waals surface area contributed by atoms with Crippen LogP contribution in [0.3, 0.4) is 0 Å². The Hall–Kier alpha value is -2.69. The van der Waals surface area contributed by atoms with Gasteiger partial charge in [0.25, 0.3) is 5.91 Å². The van der Waals surface area contributed by atoms with Crippen LogP contribution in [0.4, 0.5) is 4.39 Å². The Labute approximate surface area is 152 Å². The Kier molecular flexibility index (Phi) is 4.02. The zero-order valence-corrected chi connectivity index (χ0v) is 15.1. The number of piperidine rings is 1. The highest BCUT2D eigenvalue weighted by Crippen LogP contribution is 2.27. The topological polar surface area (TPSA) is 38.1 Å². The minimum absolute atomic E-state index is 0.0713. The number of hydrogen-bond acceptors (Lipinski definition) is 2. The molecule has 0 aliphatic carbocycles. The molecular formula is C21H22FN3O. The van der Waals surface area contributed by atoms with Crippen molar-refractivity contribution in [3.63, 3.8) is 0 Å². The van der Waals surface area contributed by atoms with Gasteiger partial charge in [-0.25, -0.2) is 9.37 Å². The number of aryl methyl sites for hydroxylation is 1. The maximum absolute atomic E-state index is 14.0. The molecule has 0 spiro atoms. The lowest BCUT2D eigenvalue weighted by molar-refractivity contribution is 0.0504. The van der Waals surface area contributed by atoms with Gasteiger partial charge in [-0.3, -0.25) is 4.79 Å². The van der Waals surface area contributed by atoms with E-state index in [1.165, 1.54) is 5.56 Å². The van der Waals surface area contributed by atoms with Crippen LogP contribution in [0.5, 0.6) is 0 Å². The van der Waals surface area contributed by atoms with Crippen molar-refractivity contribution < 1.29 is 9.18 Å². The van der Waals surface area contributed by atoms with E-state index in [4.69, 9.17) is 0 Å². The summed E-state index contributed by atoms with van der Waals surface area (Å²) in [5.41, 5.74) is 2.46. The van der Waals surface area contributed by atoms with Crippen molar-refractivity contribution in [2.24, 2.45) is 0 Å². The predicted molar refractivity (Wildman–Crippen MR) is 100 cm³/mol. The summed E-state index contributed by atoms with van der Waals surface area (Å²) in [6.07, 6.45) is 4.36. The first kappa shape index (κ1) is 16.8. The number of carbonyl (C=O) groups excluding carboxylic acids is 1. The molecule has 4 rings (SSSR count). The Morgan fingerprint density at radius 1 is 1.15 bits per heavy atom. The third-order valence-corrected chi connectivity index (χ3v) is 5.18. The summed E-state index contributed by atoms with van der Waals surface area (Å²) >= 11 is 0. The average molecular weight is 351 g/mol. The van der Waals surface area contributed by atoms with Crippen molar-refractivity contribution in [1.82, 2.24) is 14.5 Å². The third kappa shape index (κ3) is 3.09. The van der Waals surface area contributed by atoms with Crippen LogP contribution in [0.1, 0.15) is 35.7 Å². The number of likely N-dealkylation sites (tertiary alicyclic amines) is 1. The molecule has 3 heterocycles. The van der Waals surface area contributed by atoms with E-state index in [9.17, 15) is 9.18 Å². The monoisotopic (exact) mass is 351 g/mol. The number of benzene rings is 1. The maximum atomic E-state index is 14.0. The van der Waals surface area contributed by atoms with Gasteiger partial charge in [0.05, 0.1) is 5.56 Å². The number of halogens is 1. The van der Waals surface area contributed by atoms with E-state index in [1.54, 1.807) is 18.0 Å². The standard InChI is InChI=1S/C21H22FN3O/c1-15-3-5-18(6-4-15)25-10-7-16-13-17(14-23-19(16)25)20(26)24-11-8-21(2,22)9-12-24/h3-7,10,13-14H,8-9,11-12H2,1-2H3. The zero-order valence-electron chi connectivity index (χ0n) is 15.1. The Bertz CT molecular complexity index is 949. The molecule has 0 unspecified atom stereocenters. The summed E-state index contributed by atoms with van der Waals surface area (Å²) in [5, 5.41) is 0.920. The van der Waals surface area contributed by atoms with E-state index in [1.807, 2.05) is 22.9 Å². The molecule has 4 nitrogen and oxygen atoms in total. The van der Waals surface area contributed by atoms with Crippen LogP contribution in [0.2, 0.25) is 0 Å². The number of hydrogen-bond donors (Lipinski definition) is 0. The highest BCUT2D eigenvalue weighted by Gasteiger charge is 2.31. The van der Waals surface area contributed by atoms with Crippen LogP contribution in [-0.2, 0) is 0 Å². The first-order valence-corrected chi connectivity index (χ1v) is 8.95. The van der Waals surface area contributed by atoms with Crippen molar-refractivity contribution >= 4 is 16.9 Å². The Balaban J connectivity index is 1.61. The van der Waals surface area contributed by atoms with Crippen LogP contribution in [0.15, 0.2) is 48.8 Å². The van der Waals surface area contributed by atoms with Gasteiger partial charge in [-0.15, -0.1) is 0 Å². The van der Waals surface area contributed by atoms with Crippen molar-refractivity contribution in [3.8, 4) is 5.69 Å². The molecule has 134 valence electrons. The number of carbonyl (C=O) groups is 1. The summed E-state index contributed by atoms with van der Waals surface area (Å²) in [6, 6.07) is 12.1. The highest BCUT2D eigenvalue weighted by atomic mass is 19.1. The minimum Gasteiger partial charge on any atom is -0.338 e. The summed E-state index contributed by atoms with van der Waals surface area (Å²) in [5.74, 6) is -0.0713. The quantitative estimate of drug-likeness (QED) is 0.690. The number of rotatable bonds is 2. The molecule has 0 bridgehead atoms. The smallest absolute Gasteiger partial charge is 0.255 e. The second-order valence-electron chi connectivity index (χ2n) is 7.36. The summed E-state index contributed by atoms with van der Waals surface area (Å²) in [6.45, 7) is 4.57. The number of aromatic nitrogens is 2. The van der Waals surface area contributed by atoms with E-state index in [2.05, 4.69) is 36.2 Å². The van der Waals surface area contributed by atoms with E-state index in [-0.39, 0.29) is 5.91 Å². The minimum atomic E-state index is -1.16. The number of nitrogens with zero attached hydrogens (tertiary/aromatic N) is 3. The molecular weight excluding hydrogens is 329 g/mol. The van der Waals surface area contributed by atoms with Crippen LogP contribution in [0, 0.1) is 6.92 Å². The lowest BCUT2D eigenvalue weighted by Crippen LogP contribution is -2.43. The molecule has 0 radical (unpaired) electrons.